The topological polar surface area (TPSA) is 48.5 Å². The van der Waals surface area contributed by atoms with Gasteiger partial charge in [0.1, 0.15) is 5.82 Å². The van der Waals surface area contributed by atoms with E-state index in [2.05, 4.69) is 21.3 Å². The van der Waals surface area contributed by atoms with Crippen molar-refractivity contribution in [2.24, 2.45) is 0 Å². The molecule has 0 atom stereocenters. The van der Waals surface area contributed by atoms with Crippen LogP contribution in [0.15, 0.2) is 18.3 Å². The lowest BCUT2D eigenvalue weighted by Gasteiger charge is -2.21. The Kier molecular flexibility index (Phi) is 4.74. The van der Waals surface area contributed by atoms with E-state index < -0.39 is 0 Å². The Bertz CT molecular complexity index is 435. The van der Waals surface area contributed by atoms with E-state index in [0.29, 0.717) is 0 Å². The molecule has 1 aliphatic heterocycles. The van der Waals surface area contributed by atoms with Crippen molar-refractivity contribution < 1.29 is 4.79 Å². The van der Waals surface area contributed by atoms with Gasteiger partial charge in [-0.3, -0.25) is 9.69 Å². The monoisotopic (exact) mass is 262 g/mol. The normalized spacial score (nSPS) is 17.1. The van der Waals surface area contributed by atoms with Gasteiger partial charge in [0.05, 0.1) is 0 Å². The third-order valence-corrected chi connectivity index (χ3v) is 3.56. The van der Waals surface area contributed by atoms with Crippen molar-refractivity contribution in [3.05, 3.63) is 23.9 Å². The average molecular weight is 262 g/mol. The molecule has 1 aromatic heterocycles. The summed E-state index contributed by atoms with van der Waals surface area (Å²) in [4.78, 5) is 20.1. The van der Waals surface area contributed by atoms with Crippen LogP contribution >= 0.6 is 0 Å². The highest BCUT2D eigenvalue weighted by molar-refractivity contribution is 5.73. The smallest absolute Gasteiger partial charge is 0.219 e. The van der Waals surface area contributed by atoms with Crippen LogP contribution in [0.3, 0.4) is 0 Å². The number of nitrogens with zero attached hydrogens (tertiary/aromatic N) is 3. The average Bonchev–Trinajstić information content (AvgIpc) is 2.65. The molecule has 1 amide bonds. The minimum atomic E-state index is 0.180. The van der Waals surface area contributed by atoms with Crippen LogP contribution in [-0.2, 0) is 11.3 Å². The molecule has 1 saturated heterocycles. The number of aromatic nitrogens is 1. The zero-order valence-electron chi connectivity index (χ0n) is 11.7. The number of carbonyl (C=O) groups is 1. The van der Waals surface area contributed by atoms with E-state index in [1.54, 1.807) is 13.1 Å². The Hall–Kier alpha value is -1.62. The summed E-state index contributed by atoms with van der Waals surface area (Å²) >= 11 is 0. The number of anilines is 1. The van der Waals surface area contributed by atoms with Crippen molar-refractivity contribution in [3.63, 3.8) is 0 Å². The Morgan fingerprint density at radius 3 is 2.95 bits per heavy atom. The molecule has 1 fully saturated rings. The van der Waals surface area contributed by atoms with Crippen LogP contribution < -0.4 is 5.32 Å². The van der Waals surface area contributed by atoms with Crippen LogP contribution in [0.5, 0.6) is 0 Å². The van der Waals surface area contributed by atoms with Gasteiger partial charge in [0, 0.05) is 58.5 Å². The number of nitrogens with one attached hydrogen (secondary N) is 1. The second-order valence-corrected chi connectivity index (χ2v) is 4.90. The van der Waals surface area contributed by atoms with E-state index in [1.807, 2.05) is 18.0 Å². The zero-order valence-corrected chi connectivity index (χ0v) is 11.7. The quantitative estimate of drug-likeness (QED) is 0.888. The molecule has 104 valence electrons. The molecular formula is C14H22N4O. The molecule has 19 heavy (non-hydrogen) atoms. The lowest BCUT2D eigenvalue weighted by Crippen LogP contribution is -2.33. The van der Waals surface area contributed by atoms with Gasteiger partial charge < -0.3 is 10.2 Å². The summed E-state index contributed by atoms with van der Waals surface area (Å²) in [5, 5.41) is 3.13. The highest BCUT2D eigenvalue weighted by Gasteiger charge is 2.17. The van der Waals surface area contributed by atoms with Gasteiger partial charge in [0.2, 0.25) is 5.91 Å². The number of carbonyl (C=O) groups excluding carboxylic acids is 1. The number of pyridine rings is 1. The van der Waals surface area contributed by atoms with E-state index in [0.717, 1.165) is 45.0 Å². The van der Waals surface area contributed by atoms with Gasteiger partial charge in [0.15, 0.2) is 0 Å². The third kappa shape index (κ3) is 3.67. The highest BCUT2D eigenvalue weighted by Crippen LogP contribution is 2.15. The maximum Gasteiger partial charge on any atom is 0.219 e. The fourth-order valence-electron chi connectivity index (χ4n) is 2.48. The molecule has 0 saturated carbocycles. The maximum atomic E-state index is 11.4. The van der Waals surface area contributed by atoms with E-state index >= 15 is 0 Å². The van der Waals surface area contributed by atoms with Crippen molar-refractivity contribution in [3.8, 4) is 0 Å². The Balaban J connectivity index is 1.98. The van der Waals surface area contributed by atoms with Crippen LogP contribution in [0.1, 0.15) is 18.9 Å². The molecule has 0 spiro atoms. The molecule has 0 bridgehead atoms. The molecule has 0 aromatic carbocycles. The van der Waals surface area contributed by atoms with Crippen LogP contribution in [-0.4, -0.2) is 53.9 Å². The van der Waals surface area contributed by atoms with E-state index in [9.17, 15) is 4.79 Å². The Morgan fingerprint density at radius 2 is 2.21 bits per heavy atom. The van der Waals surface area contributed by atoms with Crippen molar-refractivity contribution in [1.29, 1.82) is 0 Å². The number of hydrogen-bond donors (Lipinski definition) is 1. The second-order valence-electron chi connectivity index (χ2n) is 4.90. The third-order valence-electron chi connectivity index (χ3n) is 3.56. The molecule has 1 aromatic rings. The summed E-state index contributed by atoms with van der Waals surface area (Å²) in [7, 11) is 1.89. The Labute approximate surface area is 114 Å². The van der Waals surface area contributed by atoms with Crippen molar-refractivity contribution in [2.45, 2.75) is 19.9 Å². The van der Waals surface area contributed by atoms with Gasteiger partial charge in [-0.05, 0) is 12.5 Å². The molecule has 0 aliphatic carbocycles. The molecule has 2 rings (SSSR count). The largest absolute Gasteiger partial charge is 0.373 e. The van der Waals surface area contributed by atoms with Crippen LogP contribution in [0.4, 0.5) is 5.82 Å². The van der Waals surface area contributed by atoms with E-state index in [4.69, 9.17) is 0 Å². The fourth-order valence-corrected chi connectivity index (χ4v) is 2.48. The van der Waals surface area contributed by atoms with Crippen molar-refractivity contribution >= 4 is 11.7 Å². The lowest BCUT2D eigenvalue weighted by molar-refractivity contribution is -0.128. The maximum absolute atomic E-state index is 11.4. The predicted octanol–water partition coefficient (Wildman–Crippen LogP) is 1.18. The minimum absolute atomic E-state index is 0.180. The Morgan fingerprint density at radius 1 is 1.37 bits per heavy atom. The van der Waals surface area contributed by atoms with Gasteiger partial charge in [-0.25, -0.2) is 4.98 Å². The lowest BCUT2D eigenvalue weighted by atomic mass is 10.2. The van der Waals surface area contributed by atoms with E-state index in [1.165, 1.54) is 5.56 Å². The van der Waals surface area contributed by atoms with Gasteiger partial charge >= 0.3 is 0 Å². The first-order chi connectivity index (χ1) is 9.20. The molecular weight excluding hydrogens is 240 g/mol. The fraction of sp³-hybridized carbons (Fsp3) is 0.571. The SMILES string of the molecule is CNc1ncccc1CN1CCCN(C(C)=O)CC1. The van der Waals surface area contributed by atoms with Crippen LogP contribution in [0.25, 0.3) is 0 Å². The van der Waals surface area contributed by atoms with Crippen molar-refractivity contribution in [1.82, 2.24) is 14.8 Å². The summed E-state index contributed by atoms with van der Waals surface area (Å²) in [6.45, 7) is 6.19. The summed E-state index contributed by atoms with van der Waals surface area (Å²) in [6.07, 6.45) is 2.84. The molecule has 1 N–H and O–H groups in total. The summed E-state index contributed by atoms with van der Waals surface area (Å²) in [6, 6.07) is 4.07. The molecule has 0 unspecified atom stereocenters. The predicted molar refractivity (Wildman–Crippen MR) is 75.9 cm³/mol. The molecule has 5 heteroatoms. The van der Waals surface area contributed by atoms with Gasteiger partial charge in [-0.15, -0.1) is 0 Å². The summed E-state index contributed by atoms with van der Waals surface area (Å²) < 4.78 is 0. The van der Waals surface area contributed by atoms with Crippen molar-refractivity contribution in [2.75, 3.05) is 38.5 Å². The van der Waals surface area contributed by atoms with Crippen LogP contribution in [0, 0.1) is 0 Å². The van der Waals surface area contributed by atoms with Gasteiger partial charge in [-0.2, -0.15) is 0 Å². The number of amides is 1. The summed E-state index contributed by atoms with van der Waals surface area (Å²) in [5.74, 6) is 1.12. The molecule has 0 radical (unpaired) electrons. The first-order valence-corrected chi connectivity index (χ1v) is 6.80. The highest BCUT2D eigenvalue weighted by atomic mass is 16.2. The van der Waals surface area contributed by atoms with Crippen LogP contribution in [0.2, 0.25) is 0 Å². The zero-order chi connectivity index (χ0) is 13.7. The number of hydrogen-bond acceptors (Lipinski definition) is 4. The number of rotatable bonds is 3. The first-order valence-electron chi connectivity index (χ1n) is 6.80. The summed E-state index contributed by atoms with van der Waals surface area (Å²) in [5.41, 5.74) is 1.21. The van der Waals surface area contributed by atoms with Gasteiger partial charge in [0.25, 0.3) is 0 Å². The second kappa shape index (κ2) is 6.52. The minimum Gasteiger partial charge on any atom is -0.373 e. The molecule has 1 aliphatic rings. The van der Waals surface area contributed by atoms with Gasteiger partial charge in [-0.1, -0.05) is 6.07 Å². The molecule has 5 nitrogen and oxygen atoms in total. The first kappa shape index (κ1) is 13.8. The molecule has 2 heterocycles. The van der Waals surface area contributed by atoms with E-state index in [-0.39, 0.29) is 5.91 Å². The standard InChI is InChI=1S/C14H22N4O/c1-12(19)18-8-4-7-17(9-10-18)11-13-5-3-6-16-14(13)15-2/h3,5-6H,4,7-11H2,1-2H3,(H,15,16).